The van der Waals surface area contributed by atoms with E-state index in [1.54, 1.807) is 43.6 Å². The lowest BCUT2D eigenvalue weighted by atomic mass is 10.2. The van der Waals surface area contributed by atoms with Crippen molar-refractivity contribution in [1.29, 1.82) is 0 Å². The van der Waals surface area contributed by atoms with E-state index in [2.05, 4.69) is 15.6 Å². The monoisotopic (exact) mass is 353 g/mol. The van der Waals surface area contributed by atoms with Crippen LogP contribution in [0.3, 0.4) is 0 Å². The molecule has 0 saturated carbocycles. The van der Waals surface area contributed by atoms with Crippen molar-refractivity contribution in [2.24, 2.45) is 0 Å². The summed E-state index contributed by atoms with van der Waals surface area (Å²) >= 11 is 11.9. The van der Waals surface area contributed by atoms with E-state index in [4.69, 9.17) is 27.9 Å². The van der Waals surface area contributed by atoms with Crippen LogP contribution in [0.25, 0.3) is 0 Å². The lowest BCUT2D eigenvalue weighted by Gasteiger charge is -2.09. The maximum Gasteiger partial charge on any atom is 0.251 e. The molecule has 1 aromatic carbocycles. The van der Waals surface area contributed by atoms with E-state index in [0.29, 0.717) is 40.3 Å². The zero-order valence-electron chi connectivity index (χ0n) is 12.6. The number of rotatable bonds is 7. The molecule has 2 aromatic rings. The number of amides is 1. The number of pyridine rings is 1. The van der Waals surface area contributed by atoms with E-state index in [0.717, 1.165) is 6.42 Å². The van der Waals surface area contributed by atoms with Crippen molar-refractivity contribution in [3.05, 3.63) is 52.1 Å². The van der Waals surface area contributed by atoms with Crippen LogP contribution in [0.1, 0.15) is 16.8 Å². The largest absolute Gasteiger partial charge is 0.385 e. The Balaban J connectivity index is 2.03. The Morgan fingerprint density at radius 1 is 1.22 bits per heavy atom. The second-order valence-electron chi connectivity index (χ2n) is 4.82. The summed E-state index contributed by atoms with van der Waals surface area (Å²) in [6, 6.07) is 8.42. The fourth-order valence-corrected chi connectivity index (χ4v) is 2.46. The number of anilines is 2. The van der Waals surface area contributed by atoms with Gasteiger partial charge < -0.3 is 15.4 Å². The fourth-order valence-electron chi connectivity index (χ4n) is 1.93. The maximum absolute atomic E-state index is 12.1. The van der Waals surface area contributed by atoms with E-state index < -0.39 is 0 Å². The number of aromatic nitrogens is 1. The number of hydrogen-bond acceptors (Lipinski definition) is 4. The van der Waals surface area contributed by atoms with Crippen LogP contribution in [0.4, 0.5) is 11.5 Å². The Hall–Kier alpha value is -1.82. The van der Waals surface area contributed by atoms with Crippen molar-refractivity contribution in [1.82, 2.24) is 10.3 Å². The van der Waals surface area contributed by atoms with Gasteiger partial charge in [0.25, 0.3) is 5.91 Å². The summed E-state index contributed by atoms with van der Waals surface area (Å²) in [4.78, 5) is 16.3. The molecule has 0 aliphatic rings. The number of methoxy groups -OCH3 is 1. The SMILES string of the molecule is COCCCNC(=O)c1ccnc(Nc2cc(Cl)cc(Cl)c2)c1. The summed E-state index contributed by atoms with van der Waals surface area (Å²) in [5.74, 6) is 0.378. The van der Waals surface area contributed by atoms with Gasteiger partial charge in [-0.2, -0.15) is 0 Å². The van der Waals surface area contributed by atoms with Gasteiger partial charge in [0, 0.05) is 47.8 Å². The minimum atomic E-state index is -0.157. The van der Waals surface area contributed by atoms with Crippen LogP contribution < -0.4 is 10.6 Å². The maximum atomic E-state index is 12.1. The summed E-state index contributed by atoms with van der Waals surface area (Å²) in [6.45, 7) is 1.17. The number of nitrogens with zero attached hydrogens (tertiary/aromatic N) is 1. The van der Waals surface area contributed by atoms with Crippen LogP contribution >= 0.6 is 23.2 Å². The number of nitrogens with one attached hydrogen (secondary N) is 2. The molecule has 5 nitrogen and oxygen atoms in total. The molecule has 7 heteroatoms. The predicted molar refractivity (Wildman–Crippen MR) is 92.8 cm³/mol. The number of hydrogen-bond donors (Lipinski definition) is 2. The third kappa shape index (κ3) is 5.71. The van der Waals surface area contributed by atoms with Gasteiger partial charge in [0.2, 0.25) is 0 Å². The molecule has 0 saturated heterocycles. The van der Waals surface area contributed by atoms with Gasteiger partial charge in [-0.25, -0.2) is 4.98 Å². The van der Waals surface area contributed by atoms with E-state index >= 15 is 0 Å². The quantitative estimate of drug-likeness (QED) is 0.741. The molecule has 2 N–H and O–H groups in total. The number of carbonyl (C=O) groups is 1. The average Bonchev–Trinajstić information content (AvgIpc) is 2.50. The van der Waals surface area contributed by atoms with Gasteiger partial charge in [0.05, 0.1) is 0 Å². The van der Waals surface area contributed by atoms with Gasteiger partial charge in [-0.3, -0.25) is 4.79 Å². The summed E-state index contributed by atoms with van der Waals surface area (Å²) in [7, 11) is 1.63. The van der Waals surface area contributed by atoms with Crippen molar-refractivity contribution in [2.45, 2.75) is 6.42 Å². The van der Waals surface area contributed by atoms with E-state index in [1.165, 1.54) is 0 Å². The summed E-state index contributed by atoms with van der Waals surface area (Å²) in [5.41, 5.74) is 1.22. The standard InChI is InChI=1S/C16H17Cl2N3O2/c1-23-6-2-4-20-16(22)11-3-5-19-15(7-11)21-14-9-12(17)8-13(18)10-14/h3,5,7-10H,2,4,6H2,1H3,(H,19,21)(H,20,22). The number of halogens is 2. The molecular weight excluding hydrogens is 337 g/mol. The van der Waals surface area contributed by atoms with Crippen LogP contribution in [0.2, 0.25) is 10.0 Å². The van der Waals surface area contributed by atoms with Crippen LogP contribution in [0.5, 0.6) is 0 Å². The highest BCUT2D eigenvalue weighted by Gasteiger charge is 2.07. The zero-order valence-corrected chi connectivity index (χ0v) is 14.1. The van der Waals surface area contributed by atoms with Gasteiger partial charge >= 0.3 is 0 Å². The normalized spacial score (nSPS) is 10.4. The topological polar surface area (TPSA) is 63.2 Å². The Morgan fingerprint density at radius 2 is 1.96 bits per heavy atom. The number of benzene rings is 1. The van der Waals surface area contributed by atoms with Crippen LogP contribution in [0.15, 0.2) is 36.5 Å². The van der Waals surface area contributed by atoms with Crippen molar-refractivity contribution >= 4 is 40.6 Å². The predicted octanol–water partition coefficient (Wildman–Crippen LogP) is 3.90. The highest BCUT2D eigenvalue weighted by atomic mass is 35.5. The molecule has 0 spiro atoms. The third-order valence-electron chi connectivity index (χ3n) is 2.97. The van der Waals surface area contributed by atoms with Gasteiger partial charge in [0.1, 0.15) is 5.82 Å². The minimum Gasteiger partial charge on any atom is -0.385 e. The van der Waals surface area contributed by atoms with Crippen molar-refractivity contribution in [2.75, 3.05) is 25.6 Å². The summed E-state index contributed by atoms with van der Waals surface area (Å²) in [5, 5.41) is 6.94. The van der Waals surface area contributed by atoms with Gasteiger partial charge in [-0.1, -0.05) is 23.2 Å². The first-order valence-electron chi connectivity index (χ1n) is 7.05. The first-order chi connectivity index (χ1) is 11.1. The minimum absolute atomic E-state index is 0.157. The molecule has 122 valence electrons. The second kappa shape index (κ2) is 8.72. The Morgan fingerprint density at radius 3 is 2.65 bits per heavy atom. The van der Waals surface area contributed by atoms with Gasteiger partial charge in [0.15, 0.2) is 0 Å². The summed E-state index contributed by atoms with van der Waals surface area (Å²) in [6.07, 6.45) is 2.33. The molecule has 0 radical (unpaired) electrons. The molecule has 23 heavy (non-hydrogen) atoms. The first-order valence-corrected chi connectivity index (χ1v) is 7.80. The molecule has 0 bridgehead atoms. The highest BCUT2D eigenvalue weighted by molar-refractivity contribution is 6.35. The van der Waals surface area contributed by atoms with Crippen molar-refractivity contribution in [3.63, 3.8) is 0 Å². The van der Waals surface area contributed by atoms with Crippen molar-refractivity contribution < 1.29 is 9.53 Å². The zero-order chi connectivity index (χ0) is 16.7. The van der Waals surface area contributed by atoms with E-state index in [-0.39, 0.29) is 5.91 Å². The molecule has 0 aliphatic carbocycles. The van der Waals surface area contributed by atoms with Crippen molar-refractivity contribution in [3.8, 4) is 0 Å². The molecule has 1 aromatic heterocycles. The number of ether oxygens (including phenoxy) is 1. The fraction of sp³-hybridized carbons (Fsp3) is 0.250. The molecule has 0 unspecified atom stereocenters. The third-order valence-corrected chi connectivity index (χ3v) is 3.40. The average molecular weight is 354 g/mol. The first kappa shape index (κ1) is 17.5. The molecule has 0 fully saturated rings. The van der Waals surface area contributed by atoms with E-state index in [1.807, 2.05) is 0 Å². The summed E-state index contributed by atoms with van der Waals surface area (Å²) < 4.78 is 4.94. The molecule has 2 rings (SSSR count). The molecule has 0 atom stereocenters. The van der Waals surface area contributed by atoms with Gasteiger partial charge in [-0.15, -0.1) is 0 Å². The number of carbonyl (C=O) groups excluding carboxylic acids is 1. The lowest BCUT2D eigenvalue weighted by Crippen LogP contribution is -2.25. The Kier molecular flexibility index (Phi) is 6.65. The lowest BCUT2D eigenvalue weighted by molar-refractivity contribution is 0.0948. The van der Waals surface area contributed by atoms with E-state index in [9.17, 15) is 4.79 Å². The Bertz CT molecular complexity index is 660. The van der Waals surface area contributed by atoms with Gasteiger partial charge in [-0.05, 0) is 36.8 Å². The molecule has 1 heterocycles. The van der Waals surface area contributed by atoms with Crippen LogP contribution in [0, 0.1) is 0 Å². The second-order valence-corrected chi connectivity index (χ2v) is 5.69. The van der Waals surface area contributed by atoms with Crippen LogP contribution in [-0.4, -0.2) is 31.2 Å². The highest BCUT2D eigenvalue weighted by Crippen LogP contribution is 2.24. The molecule has 0 aliphatic heterocycles. The molecular formula is C16H17Cl2N3O2. The van der Waals surface area contributed by atoms with Crippen LogP contribution in [-0.2, 0) is 4.74 Å². The smallest absolute Gasteiger partial charge is 0.251 e. The Labute approximate surface area is 145 Å². The molecule has 1 amide bonds.